The molecule has 0 amide bonds. The molecule has 10 heteroatoms. The molecule has 0 radical (unpaired) electrons. The molecular formula is C3H16O5Si5. The van der Waals surface area contributed by atoms with Gasteiger partial charge in [-0.25, -0.2) is 0 Å². The molecule has 78 valence electrons. The summed E-state index contributed by atoms with van der Waals surface area (Å²) in [5.74, 6) is 0. The Labute approximate surface area is 89.5 Å². The Morgan fingerprint density at radius 2 is 1.46 bits per heavy atom. The summed E-state index contributed by atoms with van der Waals surface area (Å²) in [5.41, 5.74) is 0. The largest absolute Gasteiger partial charge is 0.425 e. The fourth-order valence-corrected chi connectivity index (χ4v) is 11.6. The van der Waals surface area contributed by atoms with Crippen molar-refractivity contribution in [3.63, 3.8) is 0 Å². The monoisotopic (exact) mass is 272 g/mol. The average Bonchev–Trinajstić information content (AvgIpc) is 2.16. The Balaban J connectivity index is 2.18. The summed E-state index contributed by atoms with van der Waals surface area (Å²) in [6.07, 6.45) is 1.13. The van der Waals surface area contributed by atoms with Crippen LogP contribution in [0.2, 0.25) is 6.04 Å². The molecule has 1 heterocycles. The highest BCUT2D eigenvalue weighted by Crippen LogP contribution is 2.00. The summed E-state index contributed by atoms with van der Waals surface area (Å²) in [7, 11) is -4.49. The molecule has 0 aromatic carbocycles. The lowest BCUT2D eigenvalue weighted by Crippen LogP contribution is -2.31. The van der Waals surface area contributed by atoms with Crippen LogP contribution in [0.4, 0.5) is 0 Å². The minimum Gasteiger partial charge on any atom is -0.425 e. The van der Waals surface area contributed by atoms with Crippen LogP contribution in [0.1, 0.15) is 13.3 Å². The molecule has 1 fully saturated rings. The van der Waals surface area contributed by atoms with Gasteiger partial charge in [-0.05, 0) is 6.04 Å². The molecule has 0 spiro atoms. The van der Waals surface area contributed by atoms with Crippen LogP contribution in [0.3, 0.4) is 0 Å². The molecule has 1 aliphatic heterocycles. The molecular weight excluding hydrogens is 256 g/mol. The van der Waals surface area contributed by atoms with Crippen molar-refractivity contribution in [1.82, 2.24) is 0 Å². The highest BCUT2D eigenvalue weighted by atomic mass is 28.4. The van der Waals surface area contributed by atoms with Gasteiger partial charge in [-0.15, -0.1) is 0 Å². The van der Waals surface area contributed by atoms with E-state index in [0.717, 1.165) is 12.5 Å². The predicted molar refractivity (Wildman–Crippen MR) is 61.8 cm³/mol. The summed E-state index contributed by atoms with van der Waals surface area (Å²) in [5, 5.41) is 0. The molecule has 13 heavy (non-hydrogen) atoms. The van der Waals surface area contributed by atoms with Crippen LogP contribution in [0.15, 0.2) is 0 Å². The maximum Gasteiger partial charge on any atom is 0.303 e. The normalized spacial score (nSPS) is 34.4. The van der Waals surface area contributed by atoms with Crippen LogP contribution in [-0.2, 0) is 20.6 Å². The van der Waals surface area contributed by atoms with E-state index in [0.29, 0.717) is 0 Å². The van der Waals surface area contributed by atoms with Gasteiger partial charge >= 0.3 is 9.28 Å². The van der Waals surface area contributed by atoms with E-state index < -0.39 is 49.3 Å². The molecule has 5 nitrogen and oxygen atoms in total. The van der Waals surface area contributed by atoms with Crippen LogP contribution >= 0.6 is 0 Å². The van der Waals surface area contributed by atoms with E-state index in [4.69, 9.17) is 20.6 Å². The first kappa shape index (κ1) is 12.0. The molecule has 0 atom stereocenters. The Kier molecular flexibility index (Phi) is 7.55. The van der Waals surface area contributed by atoms with Crippen molar-refractivity contribution in [2.45, 2.75) is 19.4 Å². The zero-order chi connectivity index (χ0) is 9.36. The zero-order valence-electron chi connectivity index (χ0n) is 7.86. The molecule has 0 N–H and O–H groups in total. The first-order valence-electron chi connectivity index (χ1n) is 4.40. The maximum atomic E-state index is 5.62. The first-order valence-corrected chi connectivity index (χ1v) is 10.8. The van der Waals surface area contributed by atoms with Crippen molar-refractivity contribution in [3.05, 3.63) is 0 Å². The van der Waals surface area contributed by atoms with Gasteiger partial charge in [0.25, 0.3) is 40.0 Å². The number of hydrogen-bond acceptors (Lipinski definition) is 5. The van der Waals surface area contributed by atoms with E-state index in [-0.39, 0.29) is 0 Å². The van der Waals surface area contributed by atoms with E-state index in [9.17, 15) is 0 Å². The average molecular weight is 273 g/mol. The van der Waals surface area contributed by atoms with Crippen molar-refractivity contribution >= 4 is 49.3 Å². The Hall–Kier alpha value is 0.884. The number of rotatable bonds is 2. The van der Waals surface area contributed by atoms with E-state index in [1.54, 1.807) is 0 Å². The van der Waals surface area contributed by atoms with E-state index in [2.05, 4.69) is 6.92 Å². The molecule has 1 rings (SSSR count). The lowest BCUT2D eigenvalue weighted by Gasteiger charge is -2.18. The number of hydrogen-bond donors (Lipinski definition) is 0. The summed E-state index contributed by atoms with van der Waals surface area (Å²) in [6, 6.07) is 1.08. The maximum absolute atomic E-state index is 5.62. The quantitative estimate of drug-likeness (QED) is 0.493. The fraction of sp³-hybridized carbons (Fsp3) is 1.00. The van der Waals surface area contributed by atoms with Gasteiger partial charge < -0.3 is 20.6 Å². The third-order valence-electron chi connectivity index (χ3n) is 1.53. The summed E-state index contributed by atoms with van der Waals surface area (Å²) in [6.45, 7) is 2.15. The minimum atomic E-state index is -1.39. The topological polar surface area (TPSA) is 46.2 Å². The van der Waals surface area contributed by atoms with Crippen molar-refractivity contribution in [2.24, 2.45) is 0 Å². The van der Waals surface area contributed by atoms with Gasteiger partial charge in [0.1, 0.15) is 0 Å². The van der Waals surface area contributed by atoms with Crippen molar-refractivity contribution in [2.75, 3.05) is 0 Å². The fourth-order valence-electron chi connectivity index (χ4n) is 0.918. The standard InChI is InChI=1S/C3H16O5Si5/c1-2-3-13-7-11-5-9-4-10-6-12-8-13/h13H,2-3,9-12H2,1H3. The van der Waals surface area contributed by atoms with E-state index in [1.807, 2.05) is 0 Å². The molecule has 0 aromatic rings. The van der Waals surface area contributed by atoms with Crippen LogP contribution in [0, 0.1) is 0 Å². The Morgan fingerprint density at radius 3 is 2.00 bits per heavy atom. The van der Waals surface area contributed by atoms with Crippen LogP contribution in [-0.4, -0.2) is 49.3 Å². The van der Waals surface area contributed by atoms with E-state index in [1.165, 1.54) is 0 Å². The van der Waals surface area contributed by atoms with Crippen molar-refractivity contribution in [3.8, 4) is 0 Å². The highest BCUT2D eigenvalue weighted by Gasteiger charge is 2.13. The summed E-state index contributed by atoms with van der Waals surface area (Å²) < 4.78 is 27.2. The van der Waals surface area contributed by atoms with Gasteiger partial charge in [-0.1, -0.05) is 13.3 Å². The van der Waals surface area contributed by atoms with Gasteiger partial charge in [0.15, 0.2) is 0 Å². The van der Waals surface area contributed by atoms with Crippen LogP contribution in [0.25, 0.3) is 0 Å². The molecule has 0 unspecified atom stereocenters. The Morgan fingerprint density at radius 1 is 0.923 bits per heavy atom. The molecule has 0 aliphatic carbocycles. The van der Waals surface area contributed by atoms with Gasteiger partial charge in [-0.3, -0.25) is 0 Å². The van der Waals surface area contributed by atoms with Gasteiger partial charge in [0.05, 0.1) is 0 Å². The highest BCUT2D eigenvalue weighted by molar-refractivity contribution is 6.59. The third kappa shape index (κ3) is 6.05. The smallest absolute Gasteiger partial charge is 0.303 e. The molecule has 0 bridgehead atoms. The summed E-state index contributed by atoms with van der Waals surface area (Å²) in [4.78, 5) is 0. The molecule has 0 aromatic heterocycles. The SMILES string of the molecule is CCC[SiH]1O[SiH2]O[SiH2]O[SiH2]O[SiH2]O1. The zero-order valence-corrected chi connectivity index (χ0v) is 14.7. The van der Waals surface area contributed by atoms with Gasteiger partial charge in [0, 0.05) is 0 Å². The van der Waals surface area contributed by atoms with Gasteiger partial charge in [0.2, 0.25) is 0 Å². The first-order chi connectivity index (χ1) is 6.43. The minimum absolute atomic E-state index is 0.760. The predicted octanol–water partition coefficient (Wildman–Crippen LogP) is -3.29. The van der Waals surface area contributed by atoms with E-state index >= 15 is 0 Å². The van der Waals surface area contributed by atoms with Crippen LogP contribution in [0.5, 0.6) is 0 Å². The third-order valence-corrected chi connectivity index (χ3v) is 10.6. The Bertz CT molecular complexity index is 117. The lowest BCUT2D eigenvalue weighted by molar-refractivity contribution is 0.331. The van der Waals surface area contributed by atoms with Crippen LogP contribution < -0.4 is 0 Å². The second-order valence-electron chi connectivity index (χ2n) is 2.64. The lowest BCUT2D eigenvalue weighted by atomic mass is 10.6. The van der Waals surface area contributed by atoms with Crippen molar-refractivity contribution in [1.29, 1.82) is 0 Å². The molecule has 1 saturated heterocycles. The van der Waals surface area contributed by atoms with Crippen molar-refractivity contribution < 1.29 is 20.6 Å². The molecule has 0 saturated carbocycles. The summed E-state index contributed by atoms with van der Waals surface area (Å²) >= 11 is 0. The second-order valence-corrected chi connectivity index (χ2v) is 12.6. The second kappa shape index (κ2) is 8.21. The molecule has 1 aliphatic rings. The van der Waals surface area contributed by atoms with Gasteiger partial charge in [-0.2, -0.15) is 0 Å².